The Labute approximate surface area is 211 Å². The summed E-state index contributed by atoms with van der Waals surface area (Å²) >= 11 is 6.99. The lowest BCUT2D eigenvalue weighted by atomic mass is 10.3. The van der Waals surface area contributed by atoms with Crippen LogP contribution in [0.5, 0.6) is 0 Å². The highest BCUT2D eigenvalue weighted by atomic mass is 35.5. The van der Waals surface area contributed by atoms with E-state index in [-0.39, 0.29) is 27.5 Å². The van der Waals surface area contributed by atoms with Crippen molar-refractivity contribution in [2.45, 2.75) is 10.1 Å². The Morgan fingerprint density at radius 2 is 1.77 bits per heavy atom. The Balaban J connectivity index is 1.43. The summed E-state index contributed by atoms with van der Waals surface area (Å²) in [6, 6.07) is 14.0. The largest absolute Gasteiger partial charge is 0.385 e. The van der Waals surface area contributed by atoms with Crippen LogP contribution in [0.25, 0.3) is 5.69 Å². The van der Waals surface area contributed by atoms with Crippen molar-refractivity contribution >= 4 is 50.8 Å². The third-order valence-corrected chi connectivity index (χ3v) is 8.19. The number of nitrogens with one attached hydrogen (secondary N) is 1. The van der Waals surface area contributed by atoms with Gasteiger partial charge in [0.2, 0.25) is 15.9 Å². The summed E-state index contributed by atoms with van der Waals surface area (Å²) in [4.78, 5) is 28.6. The average molecular weight is 536 g/mol. The maximum Gasteiger partial charge on any atom is 0.275 e. The van der Waals surface area contributed by atoms with Crippen LogP contribution in [-0.2, 0) is 19.6 Å². The lowest BCUT2D eigenvalue weighted by Crippen LogP contribution is -2.40. The first-order valence-electron chi connectivity index (χ1n) is 10.5. The van der Waals surface area contributed by atoms with Gasteiger partial charge in [0, 0.05) is 35.6 Å². The molecule has 35 heavy (non-hydrogen) atoms. The Kier molecular flexibility index (Phi) is 7.77. The van der Waals surface area contributed by atoms with Crippen molar-refractivity contribution in [3.05, 3.63) is 70.0 Å². The third kappa shape index (κ3) is 6.03. The molecule has 2 aromatic carbocycles. The molecule has 1 aliphatic heterocycles. The van der Waals surface area contributed by atoms with E-state index in [2.05, 4.69) is 10.3 Å². The number of ether oxygens (including phenoxy) is 1. The maximum atomic E-state index is 12.7. The monoisotopic (exact) mass is 535 g/mol. The Bertz CT molecular complexity index is 1370. The number of nitrogens with zero attached hydrogens (tertiary/aromatic N) is 3. The molecule has 1 aliphatic rings. The van der Waals surface area contributed by atoms with Gasteiger partial charge in [-0.15, -0.1) is 0 Å². The number of sulfonamides is 1. The van der Waals surface area contributed by atoms with E-state index in [0.717, 1.165) is 11.8 Å². The molecule has 2 heterocycles. The zero-order chi connectivity index (χ0) is 25.0. The molecule has 184 valence electrons. The van der Waals surface area contributed by atoms with Gasteiger partial charge in [-0.2, -0.15) is 9.29 Å². The molecule has 0 spiro atoms. The van der Waals surface area contributed by atoms with Gasteiger partial charge in [0.05, 0.1) is 23.9 Å². The molecule has 10 nitrogen and oxygen atoms in total. The van der Waals surface area contributed by atoms with Crippen molar-refractivity contribution in [3.63, 3.8) is 0 Å². The number of halogens is 1. The van der Waals surface area contributed by atoms with Gasteiger partial charge in [-0.3, -0.25) is 14.2 Å². The molecular weight excluding hydrogens is 514 g/mol. The summed E-state index contributed by atoms with van der Waals surface area (Å²) in [5, 5.41) is 3.50. The lowest BCUT2D eigenvalue weighted by molar-refractivity contribution is -0.113. The van der Waals surface area contributed by atoms with Crippen LogP contribution >= 0.6 is 23.4 Å². The fourth-order valence-corrected chi connectivity index (χ4v) is 5.76. The first-order valence-corrected chi connectivity index (χ1v) is 13.3. The molecule has 13 heteroatoms. The van der Waals surface area contributed by atoms with Crippen LogP contribution in [0.2, 0.25) is 5.02 Å². The normalized spacial score (nSPS) is 14.5. The molecule has 0 aliphatic carbocycles. The molecule has 0 bridgehead atoms. The van der Waals surface area contributed by atoms with E-state index in [1.165, 1.54) is 34.6 Å². The summed E-state index contributed by atoms with van der Waals surface area (Å²) in [5.74, 6) is -0.248. The minimum Gasteiger partial charge on any atom is -0.385 e. The minimum absolute atomic E-state index is 0.0582. The molecule has 3 aromatic rings. The third-order valence-electron chi connectivity index (χ3n) is 5.09. The second-order valence-corrected chi connectivity index (χ2v) is 10.8. The zero-order valence-electron chi connectivity index (χ0n) is 18.4. The fourth-order valence-electron chi connectivity index (χ4n) is 3.40. The number of anilines is 2. The van der Waals surface area contributed by atoms with Crippen molar-refractivity contribution in [1.29, 1.82) is 0 Å². The van der Waals surface area contributed by atoms with Gasteiger partial charge in [0.25, 0.3) is 5.56 Å². The first-order chi connectivity index (χ1) is 16.7. The Hall–Kier alpha value is -2.90. The molecule has 0 saturated carbocycles. The van der Waals surface area contributed by atoms with Gasteiger partial charge in [0.1, 0.15) is 5.82 Å². The van der Waals surface area contributed by atoms with E-state index < -0.39 is 15.6 Å². The number of aromatic nitrogens is 2. The Morgan fingerprint density at radius 1 is 1.11 bits per heavy atom. The molecule has 3 N–H and O–H groups in total. The summed E-state index contributed by atoms with van der Waals surface area (Å²) in [6.45, 7) is 1.33. The standard InChI is InChI=1S/C22H22ClN5O5S2/c23-15-1-5-17(6-2-15)28-19(24)13-20(29)26-22(28)34-14-21(30)25-16-3-7-18(8-4-16)35(31,32)27-9-11-33-12-10-27/h1-8,13H,9-12,14,24H2,(H,25,30). The topological polar surface area (TPSA) is 137 Å². The highest BCUT2D eigenvalue weighted by Gasteiger charge is 2.26. The number of thioether (sulfide) groups is 1. The van der Waals surface area contributed by atoms with E-state index in [1.807, 2.05) is 0 Å². The van der Waals surface area contributed by atoms with E-state index >= 15 is 0 Å². The van der Waals surface area contributed by atoms with Crippen LogP contribution in [0, 0.1) is 0 Å². The predicted octanol–water partition coefficient (Wildman–Crippen LogP) is 2.22. The number of nitrogen functional groups attached to an aromatic ring is 1. The van der Waals surface area contributed by atoms with Crippen LogP contribution in [0.4, 0.5) is 11.5 Å². The molecule has 0 radical (unpaired) electrons. The predicted molar refractivity (Wildman–Crippen MR) is 135 cm³/mol. The molecule has 1 saturated heterocycles. The minimum atomic E-state index is -3.62. The maximum absolute atomic E-state index is 12.7. The summed E-state index contributed by atoms with van der Waals surface area (Å²) in [7, 11) is -3.62. The average Bonchev–Trinajstić information content (AvgIpc) is 2.84. The molecule has 0 atom stereocenters. The molecular formula is C22H22ClN5O5S2. The molecule has 4 rings (SSSR count). The van der Waals surface area contributed by atoms with Crippen LogP contribution in [0.1, 0.15) is 0 Å². The SMILES string of the molecule is Nc1cc(=O)nc(SCC(=O)Nc2ccc(S(=O)(=O)N3CCOCC3)cc2)n1-c1ccc(Cl)cc1. The van der Waals surface area contributed by atoms with Crippen molar-refractivity contribution in [3.8, 4) is 5.69 Å². The smallest absolute Gasteiger partial charge is 0.275 e. The number of nitrogens with two attached hydrogens (primary N) is 1. The number of benzene rings is 2. The quantitative estimate of drug-likeness (QED) is 0.347. The summed E-state index contributed by atoms with van der Waals surface area (Å²) in [5.41, 5.74) is 6.60. The lowest BCUT2D eigenvalue weighted by Gasteiger charge is -2.26. The number of carbonyl (C=O) groups is 1. The molecule has 1 fully saturated rings. The molecule has 1 amide bonds. The van der Waals surface area contributed by atoms with E-state index in [1.54, 1.807) is 28.8 Å². The van der Waals surface area contributed by atoms with E-state index in [9.17, 15) is 18.0 Å². The van der Waals surface area contributed by atoms with Gasteiger partial charge in [0.15, 0.2) is 5.16 Å². The second kappa shape index (κ2) is 10.8. The fraction of sp³-hybridized carbons (Fsp3) is 0.227. The van der Waals surface area contributed by atoms with Crippen molar-refractivity contribution < 1.29 is 17.9 Å². The molecule has 1 aromatic heterocycles. The first kappa shape index (κ1) is 25.2. The van der Waals surface area contributed by atoms with E-state index in [0.29, 0.717) is 42.7 Å². The Morgan fingerprint density at radius 3 is 2.43 bits per heavy atom. The van der Waals surface area contributed by atoms with Crippen LogP contribution in [-0.4, -0.2) is 60.2 Å². The number of hydrogen-bond acceptors (Lipinski definition) is 8. The van der Waals surface area contributed by atoms with E-state index in [4.69, 9.17) is 22.1 Å². The van der Waals surface area contributed by atoms with Crippen molar-refractivity contribution in [2.75, 3.05) is 43.1 Å². The number of rotatable bonds is 7. The van der Waals surface area contributed by atoms with Crippen LogP contribution in [0.3, 0.4) is 0 Å². The van der Waals surface area contributed by atoms with Crippen LogP contribution in [0.15, 0.2) is 69.4 Å². The number of hydrogen-bond donors (Lipinski definition) is 2. The van der Waals surface area contributed by atoms with Crippen molar-refractivity contribution in [1.82, 2.24) is 13.9 Å². The van der Waals surface area contributed by atoms with Gasteiger partial charge >= 0.3 is 0 Å². The second-order valence-electron chi connectivity index (χ2n) is 7.49. The highest BCUT2D eigenvalue weighted by Crippen LogP contribution is 2.24. The zero-order valence-corrected chi connectivity index (χ0v) is 20.8. The van der Waals surface area contributed by atoms with Gasteiger partial charge < -0.3 is 15.8 Å². The van der Waals surface area contributed by atoms with Crippen LogP contribution < -0.4 is 16.6 Å². The van der Waals surface area contributed by atoms with Gasteiger partial charge in [-0.25, -0.2) is 8.42 Å². The van der Waals surface area contributed by atoms with Gasteiger partial charge in [-0.1, -0.05) is 23.4 Å². The summed E-state index contributed by atoms with van der Waals surface area (Å²) in [6.07, 6.45) is 0. The van der Waals surface area contributed by atoms with Crippen molar-refractivity contribution in [2.24, 2.45) is 0 Å². The summed E-state index contributed by atoms with van der Waals surface area (Å²) < 4.78 is 33.6. The van der Waals surface area contributed by atoms with Gasteiger partial charge in [-0.05, 0) is 48.5 Å². The number of amides is 1. The number of morpholine rings is 1. The molecule has 0 unspecified atom stereocenters. The highest BCUT2D eigenvalue weighted by molar-refractivity contribution is 7.99. The number of carbonyl (C=O) groups excluding carboxylic acids is 1.